The van der Waals surface area contributed by atoms with Gasteiger partial charge in [-0.05, 0) is 6.07 Å². The molecule has 1 rings (SSSR count). The summed E-state index contributed by atoms with van der Waals surface area (Å²) in [5.41, 5.74) is 4.60. The van der Waals surface area contributed by atoms with E-state index < -0.39 is 10.9 Å². The van der Waals surface area contributed by atoms with Gasteiger partial charge in [0.1, 0.15) is 0 Å². The minimum Gasteiger partial charge on any atom is -0.545 e. The second-order valence-electron chi connectivity index (χ2n) is 2.36. The Labute approximate surface area is 122 Å². The number of hydrogen-bond donors (Lipinski definition) is 1. The molecular weight excluding hydrogens is 215 g/mol. The number of rotatable bonds is 2. The van der Waals surface area contributed by atoms with E-state index in [2.05, 4.69) is 0 Å². The van der Waals surface area contributed by atoms with E-state index in [1.165, 1.54) is 0 Å². The number of nitro benzene ring substituents is 1. The van der Waals surface area contributed by atoms with E-state index in [0.717, 1.165) is 18.2 Å². The molecule has 0 atom stereocenters. The molecule has 14 heavy (non-hydrogen) atoms. The SMILES string of the molecule is Nc1cc(C(=O)[O-])cc([N+](=O)[O-])c1.[K+]. The van der Waals surface area contributed by atoms with Crippen molar-refractivity contribution >= 4 is 17.3 Å². The van der Waals surface area contributed by atoms with Gasteiger partial charge in [0.15, 0.2) is 0 Å². The molecule has 7 heteroatoms. The van der Waals surface area contributed by atoms with Crippen LogP contribution in [0.5, 0.6) is 0 Å². The summed E-state index contributed by atoms with van der Waals surface area (Å²) < 4.78 is 0. The first-order valence-electron chi connectivity index (χ1n) is 3.27. The van der Waals surface area contributed by atoms with Gasteiger partial charge in [0, 0.05) is 23.4 Å². The summed E-state index contributed by atoms with van der Waals surface area (Å²) >= 11 is 0. The predicted octanol–water partition coefficient (Wildman–Crippen LogP) is -3.46. The molecule has 0 heterocycles. The number of aromatic carboxylic acids is 1. The molecule has 0 radical (unpaired) electrons. The molecule has 0 aliphatic carbocycles. The van der Waals surface area contributed by atoms with E-state index in [0.29, 0.717) is 0 Å². The molecule has 0 bridgehead atoms. The normalized spacial score (nSPS) is 8.86. The first kappa shape index (κ1) is 13.5. The molecule has 0 spiro atoms. The third-order valence-electron chi connectivity index (χ3n) is 1.39. The van der Waals surface area contributed by atoms with E-state index in [1.807, 2.05) is 0 Å². The Bertz CT molecular complexity index is 348. The Morgan fingerprint density at radius 3 is 2.36 bits per heavy atom. The summed E-state index contributed by atoms with van der Waals surface area (Å²) in [4.78, 5) is 19.9. The number of carboxylic acid groups (broad SMARTS) is 1. The Morgan fingerprint density at radius 2 is 1.93 bits per heavy atom. The van der Waals surface area contributed by atoms with Crippen LogP contribution in [-0.2, 0) is 0 Å². The number of nitrogens with two attached hydrogens (primary N) is 1. The standard InChI is InChI=1S/C7H6N2O4.K/c8-5-1-4(7(10)11)2-6(3-5)9(12)13;/h1-3H,8H2,(H,10,11);/q;+1/p-1. The molecule has 68 valence electrons. The summed E-state index contributed by atoms with van der Waals surface area (Å²) in [7, 11) is 0. The second-order valence-corrected chi connectivity index (χ2v) is 2.36. The van der Waals surface area contributed by atoms with Gasteiger partial charge >= 0.3 is 51.4 Å². The number of nitrogens with zero attached hydrogens (tertiary/aromatic N) is 1. The molecule has 1 aromatic rings. The van der Waals surface area contributed by atoms with Crippen molar-refractivity contribution in [2.45, 2.75) is 0 Å². The van der Waals surface area contributed by atoms with Crippen molar-refractivity contribution in [1.29, 1.82) is 0 Å². The predicted molar refractivity (Wildman–Crippen MR) is 41.8 cm³/mol. The minimum atomic E-state index is -1.49. The molecular formula is C7H5KN2O4. The summed E-state index contributed by atoms with van der Waals surface area (Å²) in [6.07, 6.45) is 0. The fourth-order valence-electron chi connectivity index (χ4n) is 0.858. The maximum absolute atomic E-state index is 10.3. The van der Waals surface area contributed by atoms with Gasteiger partial charge < -0.3 is 15.6 Å². The van der Waals surface area contributed by atoms with Crippen LogP contribution < -0.4 is 62.2 Å². The van der Waals surface area contributed by atoms with Crippen LogP contribution in [0.4, 0.5) is 11.4 Å². The number of nitrogen functional groups attached to an aromatic ring is 1. The summed E-state index contributed by atoms with van der Waals surface area (Å²) in [5, 5.41) is 20.6. The van der Waals surface area contributed by atoms with Gasteiger partial charge in [0.05, 0.1) is 10.9 Å². The van der Waals surface area contributed by atoms with Gasteiger partial charge in [-0.3, -0.25) is 10.1 Å². The van der Waals surface area contributed by atoms with E-state index >= 15 is 0 Å². The number of carbonyl (C=O) groups is 1. The molecule has 0 unspecified atom stereocenters. The van der Waals surface area contributed by atoms with Gasteiger partial charge in [-0.25, -0.2) is 0 Å². The Hall–Kier alpha value is -0.474. The number of benzene rings is 1. The Kier molecular flexibility index (Phi) is 5.23. The van der Waals surface area contributed by atoms with Crippen LogP contribution in [0, 0.1) is 10.1 Å². The fraction of sp³-hybridized carbons (Fsp3) is 0. The first-order valence-corrected chi connectivity index (χ1v) is 3.27. The van der Waals surface area contributed by atoms with Crippen LogP contribution in [-0.4, -0.2) is 10.9 Å². The molecule has 0 saturated carbocycles. The Balaban J connectivity index is 0.00000169. The van der Waals surface area contributed by atoms with Crippen molar-refractivity contribution in [1.82, 2.24) is 0 Å². The Morgan fingerprint density at radius 1 is 1.36 bits per heavy atom. The van der Waals surface area contributed by atoms with Crippen molar-refractivity contribution in [2.24, 2.45) is 0 Å². The zero-order chi connectivity index (χ0) is 10.0. The number of anilines is 1. The van der Waals surface area contributed by atoms with Crippen molar-refractivity contribution in [3.63, 3.8) is 0 Å². The maximum Gasteiger partial charge on any atom is 1.00 e. The van der Waals surface area contributed by atoms with E-state index in [4.69, 9.17) is 5.73 Å². The molecule has 0 aliphatic heterocycles. The van der Waals surface area contributed by atoms with Crippen molar-refractivity contribution < 1.29 is 66.2 Å². The third kappa shape index (κ3) is 3.35. The summed E-state index contributed by atoms with van der Waals surface area (Å²) in [6.45, 7) is 0. The van der Waals surface area contributed by atoms with Gasteiger partial charge in [-0.1, -0.05) is 0 Å². The van der Waals surface area contributed by atoms with E-state index in [9.17, 15) is 20.0 Å². The average molecular weight is 220 g/mol. The number of non-ortho nitro benzene ring substituents is 1. The number of nitro groups is 1. The van der Waals surface area contributed by atoms with Crippen LogP contribution in [0.1, 0.15) is 10.4 Å². The zero-order valence-corrected chi connectivity index (χ0v) is 10.5. The molecule has 6 nitrogen and oxygen atoms in total. The molecule has 1 aromatic carbocycles. The number of carboxylic acids is 1. The topological polar surface area (TPSA) is 109 Å². The summed E-state index contributed by atoms with van der Waals surface area (Å²) in [5.74, 6) is -1.49. The monoisotopic (exact) mass is 220 g/mol. The first-order chi connectivity index (χ1) is 6.00. The fourth-order valence-corrected chi connectivity index (χ4v) is 0.858. The van der Waals surface area contributed by atoms with Gasteiger partial charge in [-0.2, -0.15) is 0 Å². The second kappa shape index (κ2) is 5.42. The van der Waals surface area contributed by atoms with Crippen LogP contribution in [0.2, 0.25) is 0 Å². The molecule has 0 fully saturated rings. The number of hydrogen-bond acceptors (Lipinski definition) is 5. The molecule has 0 aromatic heterocycles. The van der Waals surface area contributed by atoms with Crippen molar-refractivity contribution in [3.8, 4) is 0 Å². The minimum absolute atomic E-state index is 0. The summed E-state index contributed by atoms with van der Waals surface area (Å²) in [6, 6.07) is 3.07. The van der Waals surface area contributed by atoms with Gasteiger partial charge in [0.25, 0.3) is 5.69 Å². The smallest absolute Gasteiger partial charge is 0.545 e. The molecule has 0 amide bonds. The van der Waals surface area contributed by atoms with Crippen molar-refractivity contribution in [2.75, 3.05) is 5.73 Å². The van der Waals surface area contributed by atoms with Crippen molar-refractivity contribution in [3.05, 3.63) is 33.9 Å². The molecule has 0 aliphatic rings. The quantitative estimate of drug-likeness (QED) is 0.241. The van der Waals surface area contributed by atoms with Gasteiger partial charge in [-0.15, -0.1) is 0 Å². The van der Waals surface area contributed by atoms with E-state index in [-0.39, 0.29) is 68.3 Å². The maximum atomic E-state index is 10.3. The van der Waals surface area contributed by atoms with Crippen LogP contribution in [0.25, 0.3) is 0 Å². The average Bonchev–Trinajstić information content (AvgIpc) is 2.03. The zero-order valence-electron chi connectivity index (χ0n) is 7.39. The van der Waals surface area contributed by atoms with E-state index in [1.54, 1.807) is 0 Å². The van der Waals surface area contributed by atoms with Gasteiger partial charge in [0.2, 0.25) is 0 Å². The van der Waals surface area contributed by atoms with Crippen LogP contribution in [0.3, 0.4) is 0 Å². The molecule has 2 N–H and O–H groups in total. The largest absolute Gasteiger partial charge is 1.00 e. The van der Waals surface area contributed by atoms with Crippen LogP contribution >= 0.6 is 0 Å². The third-order valence-corrected chi connectivity index (χ3v) is 1.39. The number of carbonyl (C=O) groups excluding carboxylic acids is 1. The van der Waals surface area contributed by atoms with Crippen LogP contribution in [0.15, 0.2) is 18.2 Å². The molecule has 0 saturated heterocycles.